The highest BCUT2D eigenvalue weighted by Crippen LogP contribution is 2.39. The minimum Gasteiger partial charge on any atom is -0.490 e. The van der Waals surface area contributed by atoms with E-state index in [0.717, 1.165) is 31.9 Å². The Morgan fingerprint density at radius 2 is 1.76 bits per heavy atom. The number of hydrogen-bond acceptors (Lipinski definition) is 3. The van der Waals surface area contributed by atoms with Gasteiger partial charge in [0, 0.05) is 10.6 Å². The van der Waals surface area contributed by atoms with E-state index >= 15 is 0 Å². The summed E-state index contributed by atoms with van der Waals surface area (Å²) in [4.78, 5) is 0. The molecule has 33 heavy (non-hydrogen) atoms. The van der Waals surface area contributed by atoms with Crippen LogP contribution in [0, 0.1) is 11.3 Å². The maximum atomic E-state index is 9.93. The van der Waals surface area contributed by atoms with Gasteiger partial charge in [-0.3, -0.25) is 0 Å². The Hall–Kier alpha value is -3.26. The van der Waals surface area contributed by atoms with Crippen LogP contribution in [-0.4, -0.2) is 6.61 Å². The highest BCUT2D eigenvalue weighted by Gasteiger charge is 2.14. The van der Waals surface area contributed by atoms with Gasteiger partial charge < -0.3 is 9.47 Å². The van der Waals surface area contributed by atoms with Gasteiger partial charge in [0.1, 0.15) is 6.61 Å². The average molecular weight is 519 g/mol. The summed E-state index contributed by atoms with van der Waals surface area (Å²) in [5.41, 5.74) is 3.32. The van der Waals surface area contributed by atoms with E-state index in [1.807, 2.05) is 91.9 Å². The predicted molar refractivity (Wildman–Crippen MR) is 139 cm³/mol. The van der Waals surface area contributed by atoms with E-state index < -0.39 is 0 Å². The van der Waals surface area contributed by atoms with Crippen molar-refractivity contribution in [2.45, 2.75) is 13.5 Å². The predicted octanol–water partition coefficient (Wildman–Crippen LogP) is 8.30. The third-order valence-corrected chi connectivity index (χ3v) is 5.98. The van der Waals surface area contributed by atoms with Crippen LogP contribution >= 0.6 is 27.5 Å². The van der Waals surface area contributed by atoms with Crippen molar-refractivity contribution >= 4 is 50.0 Å². The average Bonchev–Trinajstić information content (AvgIpc) is 2.83. The molecule has 0 N–H and O–H groups in total. The van der Waals surface area contributed by atoms with Crippen LogP contribution in [0.2, 0.25) is 5.02 Å². The van der Waals surface area contributed by atoms with E-state index in [4.69, 9.17) is 21.1 Å². The summed E-state index contributed by atoms with van der Waals surface area (Å²) in [5, 5.41) is 12.8. The van der Waals surface area contributed by atoms with Crippen LogP contribution in [0.4, 0.5) is 0 Å². The number of nitriles is 1. The molecule has 0 aliphatic rings. The lowest BCUT2D eigenvalue weighted by Gasteiger charge is -2.15. The molecular formula is C28H21BrClNO2. The van der Waals surface area contributed by atoms with E-state index in [1.165, 1.54) is 0 Å². The molecular weight excluding hydrogens is 498 g/mol. The standard InChI is InChI=1S/C28H21BrClNO2/c1-2-32-27-16-20(15-26(29)28(27)33-18-19-10-12-23(30)13-11-19)14-22(17-31)25-9-5-7-21-6-3-4-8-24(21)25/h3-16H,2,18H2,1H3/b22-14-. The summed E-state index contributed by atoms with van der Waals surface area (Å²) >= 11 is 9.59. The maximum Gasteiger partial charge on any atom is 0.175 e. The van der Waals surface area contributed by atoms with Gasteiger partial charge in [-0.25, -0.2) is 0 Å². The molecule has 0 radical (unpaired) electrons. The fourth-order valence-electron chi connectivity index (χ4n) is 3.61. The second kappa shape index (κ2) is 10.6. The molecule has 0 atom stereocenters. The fourth-order valence-corrected chi connectivity index (χ4v) is 4.31. The number of benzene rings is 4. The van der Waals surface area contributed by atoms with E-state index in [0.29, 0.717) is 35.3 Å². The Kier molecular flexibility index (Phi) is 7.34. The quantitative estimate of drug-likeness (QED) is 0.182. The molecule has 164 valence electrons. The minimum atomic E-state index is 0.379. The first-order valence-electron chi connectivity index (χ1n) is 10.5. The van der Waals surface area contributed by atoms with Crippen molar-refractivity contribution in [1.82, 2.24) is 0 Å². The highest BCUT2D eigenvalue weighted by molar-refractivity contribution is 9.10. The molecule has 4 aromatic rings. The lowest BCUT2D eigenvalue weighted by atomic mass is 9.97. The fraction of sp³-hybridized carbons (Fsp3) is 0.107. The molecule has 4 rings (SSSR count). The first kappa shape index (κ1) is 22.9. The van der Waals surface area contributed by atoms with Crippen molar-refractivity contribution in [3.63, 3.8) is 0 Å². The third kappa shape index (κ3) is 5.39. The number of fused-ring (bicyclic) bond motifs is 1. The maximum absolute atomic E-state index is 9.93. The molecule has 0 aromatic heterocycles. The molecule has 0 saturated heterocycles. The molecule has 0 heterocycles. The monoisotopic (exact) mass is 517 g/mol. The largest absolute Gasteiger partial charge is 0.490 e. The Bertz CT molecular complexity index is 1350. The van der Waals surface area contributed by atoms with Crippen LogP contribution in [0.1, 0.15) is 23.6 Å². The third-order valence-electron chi connectivity index (χ3n) is 5.14. The molecule has 0 aliphatic heterocycles. The van der Waals surface area contributed by atoms with Crippen molar-refractivity contribution < 1.29 is 9.47 Å². The molecule has 3 nitrogen and oxygen atoms in total. The molecule has 0 bridgehead atoms. The van der Waals surface area contributed by atoms with Crippen LogP contribution < -0.4 is 9.47 Å². The second-order valence-corrected chi connectivity index (χ2v) is 8.67. The molecule has 0 fully saturated rings. The molecule has 4 aromatic carbocycles. The van der Waals surface area contributed by atoms with E-state index in [-0.39, 0.29) is 0 Å². The lowest BCUT2D eigenvalue weighted by molar-refractivity contribution is 0.267. The number of allylic oxidation sites excluding steroid dienone is 1. The Morgan fingerprint density at radius 3 is 2.52 bits per heavy atom. The summed E-state index contributed by atoms with van der Waals surface area (Å²) in [6.45, 7) is 2.80. The van der Waals surface area contributed by atoms with E-state index in [9.17, 15) is 5.26 Å². The summed E-state index contributed by atoms with van der Waals surface area (Å²) in [5.74, 6) is 1.23. The number of ether oxygens (including phenoxy) is 2. The zero-order valence-corrected chi connectivity index (χ0v) is 20.4. The zero-order chi connectivity index (χ0) is 23.2. The van der Waals surface area contributed by atoms with Gasteiger partial charge in [0.25, 0.3) is 0 Å². The smallest absolute Gasteiger partial charge is 0.175 e. The van der Waals surface area contributed by atoms with Gasteiger partial charge in [-0.2, -0.15) is 5.26 Å². The van der Waals surface area contributed by atoms with Gasteiger partial charge in [-0.15, -0.1) is 0 Å². The number of rotatable bonds is 7. The number of halogens is 2. The van der Waals surface area contributed by atoms with Crippen LogP contribution in [0.5, 0.6) is 11.5 Å². The molecule has 5 heteroatoms. The van der Waals surface area contributed by atoms with Crippen molar-refractivity contribution in [2.75, 3.05) is 6.61 Å². The van der Waals surface area contributed by atoms with E-state index in [2.05, 4.69) is 22.0 Å². The van der Waals surface area contributed by atoms with Crippen LogP contribution in [0.3, 0.4) is 0 Å². The van der Waals surface area contributed by atoms with Crippen LogP contribution in [0.25, 0.3) is 22.4 Å². The summed E-state index contributed by atoms with van der Waals surface area (Å²) < 4.78 is 12.7. The number of hydrogen-bond donors (Lipinski definition) is 0. The van der Waals surface area contributed by atoms with E-state index in [1.54, 1.807) is 0 Å². The van der Waals surface area contributed by atoms with Crippen molar-refractivity contribution in [2.24, 2.45) is 0 Å². The van der Waals surface area contributed by atoms with Gasteiger partial charge in [-0.1, -0.05) is 66.2 Å². The Morgan fingerprint density at radius 1 is 1.00 bits per heavy atom. The Balaban J connectivity index is 1.69. The molecule has 0 spiro atoms. The van der Waals surface area contributed by atoms with Gasteiger partial charge in [-0.05, 0) is 75.1 Å². The molecule has 0 aliphatic carbocycles. The summed E-state index contributed by atoms with van der Waals surface area (Å²) in [6, 6.07) is 27.8. The van der Waals surface area contributed by atoms with Crippen molar-refractivity contribution in [3.8, 4) is 17.6 Å². The Labute approximate surface area is 207 Å². The van der Waals surface area contributed by atoms with Crippen LogP contribution in [-0.2, 0) is 6.61 Å². The van der Waals surface area contributed by atoms with Crippen LogP contribution in [0.15, 0.2) is 83.3 Å². The summed E-state index contributed by atoms with van der Waals surface area (Å²) in [7, 11) is 0. The van der Waals surface area contributed by atoms with Crippen molar-refractivity contribution in [3.05, 3.63) is 105 Å². The topological polar surface area (TPSA) is 42.2 Å². The second-order valence-electron chi connectivity index (χ2n) is 7.37. The molecule has 0 saturated carbocycles. The first-order valence-corrected chi connectivity index (χ1v) is 11.7. The minimum absolute atomic E-state index is 0.379. The lowest BCUT2D eigenvalue weighted by Crippen LogP contribution is -2.01. The van der Waals surface area contributed by atoms with Gasteiger partial charge >= 0.3 is 0 Å². The van der Waals surface area contributed by atoms with Crippen molar-refractivity contribution in [1.29, 1.82) is 5.26 Å². The molecule has 0 unspecified atom stereocenters. The first-order chi connectivity index (χ1) is 16.1. The normalized spacial score (nSPS) is 11.3. The van der Waals surface area contributed by atoms with Gasteiger partial charge in [0.05, 0.1) is 22.7 Å². The molecule has 0 amide bonds. The summed E-state index contributed by atoms with van der Waals surface area (Å²) in [6.07, 6.45) is 1.87. The van der Waals surface area contributed by atoms with Gasteiger partial charge in [0.15, 0.2) is 11.5 Å². The zero-order valence-electron chi connectivity index (χ0n) is 18.0. The van der Waals surface area contributed by atoms with Gasteiger partial charge in [0.2, 0.25) is 0 Å². The number of nitrogens with zero attached hydrogens (tertiary/aromatic N) is 1. The highest BCUT2D eigenvalue weighted by atomic mass is 79.9. The SMILES string of the molecule is CCOc1cc(/C=C(/C#N)c2cccc3ccccc23)cc(Br)c1OCc1ccc(Cl)cc1.